The maximum absolute atomic E-state index is 11.2. The van der Waals surface area contributed by atoms with Gasteiger partial charge in [0.15, 0.2) is 0 Å². The molecule has 3 rings (SSSR count). The molecule has 1 N–H and O–H groups in total. The van der Waals surface area contributed by atoms with Crippen LogP contribution in [-0.2, 0) is 16.0 Å². The number of carbonyl (C=O) groups is 1. The highest BCUT2D eigenvalue weighted by atomic mass is 79.9. The van der Waals surface area contributed by atoms with Crippen LogP contribution >= 0.6 is 15.9 Å². The summed E-state index contributed by atoms with van der Waals surface area (Å²) in [6.45, 7) is 2.08. The molecule has 2 aliphatic heterocycles. The molecule has 6 heteroatoms. The molecular formula is C14H16BrNO4. The van der Waals surface area contributed by atoms with Gasteiger partial charge in [-0.25, -0.2) is 0 Å². The second-order valence-corrected chi connectivity index (χ2v) is 6.04. The predicted molar refractivity (Wildman–Crippen MR) is 76.1 cm³/mol. The Morgan fingerprint density at radius 3 is 3.15 bits per heavy atom. The summed E-state index contributed by atoms with van der Waals surface area (Å²) in [5, 5.41) is 9.22. The van der Waals surface area contributed by atoms with Crippen LogP contribution in [0.1, 0.15) is 5.56 Å². The summed E-state index contributed by atoms with van der Waals surface area (Å²) < 4.78 is 12.2. The molecule has 2 aliphatic rings. The van der Waals surface area contributed by atoms with Crippen LogP contribution in [0.2, 0.25) is 0 Å². The zero-order chi connectivity index (χ0) is 14.1. The van der Waals surface area contributed by atoms with E-state index in [1.54, 1.807) is 0 Å². The maximum Gasteiger partial charge on any atom is 0.323 e. The molecule has 0 bridgehead atoms. The minimum absolute atomic E-state index is 0.0132. The smallest absolute Gasteiger partial charge is 0.323 e. The molecule has 20 heavy (non-hydrogen) atoms. The number of hydrogen-bond acceptors (Lipinski definition) is 4. The Hall–Kier alpha value is -1.11. The van der Waals surface area contributed by atoms with Crippen LogP contribution < -0.4 is 4.74 Å². The Balaban J connectivity index is 1.66. The van der Waals surface area contributed by atoms with E-state index in [1.165, 1.54) is 5.56 Å². The van der Waals surface area contributed by atoms with Gasteiger partial charge in [0.1, 0.15) is 17.9 Å². The van der Waals surface area contributed by atoms with Gasteiger partial charge >= 0.3 is 5.97 Å². The molecule has 1 saturated heterocycles. The van der Waals surface area contributed by atoms with E-state index in [4.69, 9.17) is 9.47 Å². The van der Waals surface area contributed by atoms with Crippen molar-refractivity contribution in [3.63, 3.8) is 0 Å². The van der Waals surface area contributed by atoms with Crippen molar-refractivity contribution >= 4 is 21.9 Å². The summed E-state index contributed by atoms with van der Waals surface area (Å²) in [5.41, 5.74) is 1.17. The fraction of sp³-hybridized carbons (Fsp3) is 0.500. The second kappa shape index (κ2) is 5.71. The lowest BCUT2D eigenvalue weighted by Gasteiger charge is -2.34. The van der Waals surface area contributed by atoms with Crippen molar-refractivity contribution < 1.29 is 19.4 Å². The first-order valence-electron chi connectivity index (χ1n) is 6.63. The van der Waals surface area contributed by atoms with E-state index < -0.39 is 12.0 Å². The highest BCUT2D eigenvalue weighted by Crippen LogP contribution is 2.31. The summed E-state index contributed by atoms with van der Waals surface area (Å²) in [6.07, 6.45) is 0.831. The lowest BCUT2D eigenvalue weighted by molar-refractivity contribution is -0.150. The number of rotatable bonds is 3. The third kappa shape index (κ3) is 2.82. The molecule has 2 heterocycles. The molecule has 1 aromatic carbocycles. The molecule has 1 fully saturated rings. The molecule has 0 aliphatic carbocycles. The van der Waals surface area contributed by atoms with Gasteiger partial charge in [-0.3, -0.25) is 9.69 Å². The molecule has 0 saturated carbocycles. The van der Waals surface area contributed by atoms with Crippen molar-refractivity contribution in [2.75, 3.05) is 26.3 Å². The van der Waals surface area contributed by atoms with Crippen molar-refractivity contribution in [1.29, 1.82) is 0 Å². The van der Waals surface area contributed by atoms with E-state index in [2.05, 4.69) is 22.0 Å². The molecule has 0 radical (unpaired) electrons. The highest BCUT2D eigenvalue weighted by molar-refractivity contribution is 9.10. The van der Waals surface area contributed by atoms with Gasteiger partial charge in [-0.15, -0.1) is 0 Å². The molecule has 5 nitrogen and oxygen atoms in total. The topological polar surface area (TPSA) is 59.0 Å². The number of fused-ring (bicyclic) bond motifs is 1. The Morgan fingerprint density at radius 2 is 2.35 bits per heavy atom. The number of ether oxygens (including phenoxy) is 2. The highest BCUT2D eigenvalue weighted by Gasteiger charge is 2.33. The van der Waals surface area contributed by atoms with Crippen molar-refractivity contribution in [3.8, 4) is 5.75 Å². The number of morpholine rings is 1. The van der Waals surface area contributed by atoms with Crippen molar-refractivity contribution in [2.24, 2.45) is 0 Å². The molecule has 0 aromatic heterocycles. The first-order chi connectivity index (χ1) is 9.63. The number of carboxylic acid groups (broad SMARTS) is 1. The Bertz CT molecular complexity index is 522. The molecule has 0 spiro atoms. The number of aliphatic carboxylic acids is 1. The minimum atomic E-state index is -0.831. The zero-order valence-corrected chi connectivity index (χ0v) is 12.5. The Morgan fingerprint density at radius 1 is 1.50 bits per heavy atom. The largest absolute Gasteiger partial charge is 0.488 e. The first kappa shape index (κ1) is 13.9. The molecule has 108 valence electrons. The van der Waals surface area contributed by atoms with Gasteiger partial charge < -0.3 is 14.6 Å². The van der Waals surface area contributed by atoms with Gasteiger partial charge in [-0.2, -0.15) is 0 Å². The quantitative estimate of drug-likeness (QED) is 0.903. The Kier molecular flexibility index (Phi) is 3.96. The van der Waals surface area contributed by atoms with Gasteiger partial charge in [0, 0.05) is 24.0 Å². The van der Waals surface area contributed by atoms with Crippen LogP contribution in [0, 0.1) is 0 Å². The van der Waals surface area contributed by atoms with E-state index in [0.29, 0.717) is 19.7 Å². The van der Waals surface area contributed by atoms with Crippen LogP contribution in [0.4, 0.5) is 0 Å². The van der Waals surface area contributed by atoms with E-state index in [-0.39, 0.29) is 12.7 Å². The molecule has 2 unspecified atom stereocenters. The second-order valence-electron chi connectivity index (χ2n) is 5.12. The molecule has 0 amide bonds. The fourth-order valence-electron chi connectivity index (χ4n) is 2.74. The summed E-state index contributed by atoms with van der Waals surface area (Å²) >= 11 is 3.45. The van der Waals surface area contributed by atoms with Gasteiger partial charge in [-0.1, -0.05) is 15.9 Å². The van der Waals surface area contributed by atoms with E-state index >= 15 is 0 Å². The maximum atomic E-state index is 11.2. The average Bonchev–Trinajstić information content (AvgIpc) is 2.80. The fourth-order valence-corrected chi connectivity index (χ4v) is 3.14. The van der Waals surface area contributed by atoms with E-state index in [0.717, 1.165) is 16.6 Å². The number of benzene rings is 1. The third-order valence-electron chi connectivity index (χ3n) is 3.73. The van der Waals surface area contributed by atoms with E-state index in [9.17, 15) is 9.90 Å². The Labute approximate surface area is 125 Å². The van der Waals surface area contributed by atoms with Crippen LogP contribution in [0.5, 0.6) is 5.75 Å². The van der Waals surface area contributed by atoms with Gasteiger partial charge in [0.25, 0.3) is 0 Å². The monoisotopic (exact) mass is 341 g/mol. The predicted octanol–water partition coefficient (Wildman–Crippen LogP) is 1.54. The summed E-state index contributed by atoms with van der Waals surface area (Å²) in [5.74, 6) is 0.0706. The minimum Gasteiger partial charge on any atom is -0.488 e. The standard InChI is InChI=1S/C14H16BrNO4/c15-10-1-2-13-9(5-10)6-11(20-13)7-16-3-4-19-8-12(16)14(17)18/h1-2,5,11-12H,3-4,6-8H2,(H,17,18). The molecule has 1 aromatic rings. The molecule has 2 atom stereocenters. The van der Waals surface area contributed by atoms with Gasteiger partial charge in [0.2, 0.25) is 0 Å². The van der Waals surface area contributed by atoms with Crippen molar-refractivity contribution in [3.05, 3.63) is 28.2 Å². The van der Waals surface area contributed by atoms with Crippen molar-refractivity contribution in [1.82, 2.24) is 4.90 Å². The lowest BCUT2D eigenvalue weighted by atomic mass is 10.1. The van der Waals surface area contributed by atoms with Gasteiger partial charge in [0.05, 0.1) is 13.2 Å². The molecular weight excluding hydrogens is 326 g/mol. The van der Waals surface area contributed by atoms with Crippen molar-refractivity contribution in [2.45, 2.75) is 18.6 Å². The number of carboxylic acids is 1. The average molecular weight is 342 g/mol. The number of halogens is 1. The van der Waals surface area contributed by atoms with Crippen LogP contribution in [0.25, 0.3) is 0 Å². The van der Waals surface area contributed by atoms with E-state index in [1.807, 2.05) is 17.0 Å². The summed E-state index contributed by atoms with van der Waals surface area (Å²) in [7, 11) is 0. The number of hydrogen-bond donors (Lipinski definition) is 1. The normalized spacial score (nSPS) is 26.1. The summed E-state index contributed by atoms with van der Waals surface area (Å²) in [6, 6.07) is 5.40. The van der Waals surface area contributed by atoms with Crippen LogP contribution in [0.15, 0.2) is 22.7 Å². The number of nitrogens with zero attached hydrogens (tertiary/aromatic N) is 1. The lowest BCUT2D eigenvalue weighted by Crippen LogP contribution is -2.52. The van der Waals surface area contributed by atoms with Gasteiger partial charge in [-0.05, 0) is 23.8 Å². The van der Waals surface area contributed by atoms with Crippen LogP contribution in [0.3, 0.4) is 0 Å². The SMILES string of the molecule is O=C(O)C1COCCN1CC1Cc2cc(Br)ccc2O1. The van der Waals surface area contributed by atoms with Crippen LogP contribution in [-0.4, -0.2) is 54.4 Å². The summed E-state index contributed by atoms with van der Waals surface area (Å²) in [4.78, 5) is 13.2. The first-order valence-corrected chi connectivity index (χ1v) is 7.42. The third-order valence-corrected chi connectivity index (χ3v) is 4.22. The zero-order valence-electron chi connectivity index (χ0n) is 10.9.